The molecule has 172 valence electrons. The van der Waals surface area contributed by atoms with Gasteiger partial charge in [-0.2, -0.15) is 5.10 Å². The van der Waals surface area contributed by atoms with Gasteiger partial charge in [0.15, 0.2) is 0 Å². The summed E-state index contributed by atoms with van der Waals surface area (Å²) >= 11 is 0. The first-order valence-electron chi connectivity index (χ1n) is 11.4. The second kappa shape index (κ2) is 9.23. The largest absolute Gasteiger partial charge is 0.492 e. The third-order valence-corrected chi connectivity index (χ3v) is 6.65. The minimum absolute atomic E-state index is 0.352. The Hall–Kier alpha value is -3.39. The van der Waals surface area contributed by atoms with Gasteiger partial charge in [0.1, 0.15) is 18.2 Å². The molecule has 2 aliphatic rings. The molecule has 0 unspecified atom stereocenters. The number of aromatic nitrogens is 2. The number of benzene rings is 2. The highest BCUT2D eigenvalue weighted by molar-refractivity contribution is 6.00. The Morgan fingerprint density at radius 3 is 2.36 bits per heavy atom. The molecule has 2 fully saturated rings. The maximum absolute atomic E-state index is 13.1. The van der Waals surface area contributed by atoms with Crippen LogP contribution < -0.4 is 15.4 Å². The van der Waals surface area contributed by atoms with E-state index < -0.39 is 6.03 Å². The molecule has 0 atom stereocenters. The number of nitrogens with one attached hydrogen (secondary N) is 2. The number of ether oxygens (including phenoxy) is 1. The van der Waals surface area contributed by atoms with Crippen molar-refractivity contribution in [3.63, 3.8) is 0 Å². The lowest BCUT2D eigenvalue weighted by atomic mass is 10.0. The maximum Gasteiger partial charge on any atom is 0.323 e. The van der Waals surface area contributed by atoms with Crippen molar-refractivity contribution >= 4 is 17.4 Å². The highest BCUT2D eigenvalue weighted by Gasteiger charge is 2.38. The molecule has 1 aromatic heterocycles. The first-order chi connectivity index (χ1) is 16.1. The lowest BCUT2D eigenvalue weighted by molar-refractivity contribution is 0.194. The fourth-order valence-corrected chi connectivity index (χ4v) is 5.04. The summed E-state index contributed by atoms with van der Waals surface area (Å²) < 4.78 is 21.1. The number of amides is 2. The number of aryl methyl sites for hydroxylation is 1. The second-order valence-electron chi connectivity index (χ2n) is 8.69. The number of hydrogen-bond donors (Lipinski definition) is 2. The van der Waals surface area contributed by atoms with Crippen LogP contribution in [0.5, 0.6) is 5.75 Å². The number of hydrogen-bond acceptors (Lipinski definition) is 4. The smallest absolute Gasteiger partial charge is 0.323 e. The van der Waals surface area contributed by atoms with Crippen LogP contribution in [0.2, 0.25) is 0 Å². The molecule has 3 aromatic rings. The van der Waals surface area contributed by atoms with Crippen molar-refractivity contribution in [2.45, 2.75) is 37.8 Å². The normalized spacial score (nSPS) is 19.6. The topological polar surface area (TPSA) is 71.4 Å². The average Bonchev–Trinajstić information content (AvgIpc) is 3.52. The van der Waals surface area contributed by atoms with Gasteiger partial charge in [0.05, 0.1) is 5.69 Å². The van der Waals surface area contributed by atoms with Gasteiger partial charge in [-0.15, -0.1) is 0 Å². The number of halogens is 1. The van der Waals surface area contributed by atoms with Crippen LogP contribution in [0.25, 0.3) is 11.3 Å². The molecule has 33 heavy (non-hydrogen) atoms. The van der Waals surface area contributed by atoms with E-state index in [1.165, 1.54) is 49.9 Å². The Morgan fingerprint density at radius 2 is 1.70 bits per heavy atom. The van der Waals surface area contributed by atoms with Crippen molar-refractivity contribution in [2.75, 3.05) is 23.8 Å². The summed E-state index contributed by atoms with van der Waals surface area (Å²) in [5.41, 5.74) is 2.89. The standard InChI is InChI=1S/C25H28FN5O2/c1-30-23(12-13-27-30)22-16-19(29-25(32)28-18-4-2-17(26)3-5-18)6-11-24(22)33-15-14-31-20-7-8-21(31)10-9-20/h2-6,11-13,16,20-21H,7-10,14-15H2,1H3,(H2,28,29,32). The monoisotopic (exact) mass is 449 g/mol. The van der Waals surface area contributed by atoms with E-state index in [4.69, 9.17) is 4.74 Å². The van der Waals surface area contributed by atoms with Crippen LogP contribution in [0.4, 0.5) is 20.6 Å². The van der Waals surface area contributed by atoms with Crippen molar-refractivity contribution < 1.29 is 13.9 Å². The summed E-state index contributed by atoms with van der Waals surface area (Å²) in [4.78, 5) is 15.0. The van der Waals surface area contributed by atoms with Crippen molar-refractivity contribution in [3.05, 3.63) is 60.5 Å². The molecule has 8 heteroatoms. The number of fused-ring (bicyclic) bond motifs is 2. The second-order valence-corrected chi connectivity index (χ2v) is 8.69. The van der Waals surface area contributed by atoms with Crippen LogP contribution >= 0.6 is 0 Å². The Morgan fingerprint density at radius 1 is 1.03 bits per heavy atom. The number of carbonyl (C=O) groups excluding carboxylic acids is 1. The quantitative estimate of drug-likeness (QED) is 0.540. The first kappa shape index (κ1) is 21.5. The molecule has 0 spiro atoms. The summed E-state index contributed by atoms with van der Waals surface area (Å²) in [5.74, 6) is 0.407. The van der Waals surface area contributed by atoms with Crippen LogP contribution in [0, 0.1) is 5.82 Å². The first-order valence-corrected chi connectivity index (χ1v) is 11.4. The lowest BCUT2D eigenvalue weighted by Crippen LogP contribution is -2.32. The van der Waals surface area contributed by atoms with Crippen molar-refractivity contribution in [2.24, 2.45) is 7.05 Å². The molecule has 2 amide bonds. The summed E-state index contributed by atoms with van der Waals surface area (Å²) in [6.07, 6.45) is 6.98. The van der Waals surface area contributed by atoms with Crippen molar-refractivity contribution in [1.82, 2.24) is 14.7 Å². The van der Waals surface area contributed by atoms with Crippen molar-refractivity contribution in [3.8, 4) is 17.0 Å². The fourth-order valence-electron chi connectivity index (χ4n) is 5.04. The van der Waals surface area contributed by atoms with E-state index >= 15 is 0 Å². The van der Waals surface area contributed by atoms with Gasteiger partial charge in [0, 0.05) is 48.8 Å². The minimum Gasteiger partial charge on any atom is -0.492 e. The van der Waals surface area contributed by atoms with E-state index in [1.807, 2.05) is 31.3 Å². The summed E-state index contributed by atoms with van der Waals surface area (Å²) in [5, 5.41) is 9.83. The van der Waals surface area contributed by atoms with Gasteiger partial charge in [0.25, 0.3) is 0 Å². The maximum atomic E-state index is 13.1. The molecular formula is C25H28FN5O2. The van der Waals surface area contributed by atoms with Crippen LogP contribution in [0.1, 0.15) is 25.7 Å². The molecule has 2 aromatic carbocycles. The fraction of sp³-hybridized carbons (Fsp3) is 0.360. The van der Waals surface area contributed by atoms with E-state index in [0.29, 0.717) is 18.0 Å². The molecule has 2 bridgehead atoms. The Bertz CT molecular complexity index is 1110. The lowest BCUT2D eigenvalue weighted by Gasteiger charge is -2.22. The SMILES string of the molecule is Cn1nccc1-c1cc(NC(=O)Nc2ccc(F)cc2)ccc1OCCN1C2CCC1CC2. The summed E-state index contributed by atoms with van der Waals surface area (Å²) in [7, 11) is 1.88. The molecule has 2 saturated heterocycles. The number of rotatable bonds is 7. The van der Waals surface area contributed by atoms with Gasteiger partial charge < -0.3 is 15.4 Å². The predicted molar refractivity (Wildman–Crippen MR) is 126 cm³/mol. The van der Waals surface area contributed by atoms with Gasteiger partial charge in [-0.3, -0.25) is 9.58 Å². The minimum atomic E-state index is -0.407. The number of urea groups is 1. The van der Waals surface area contributed by atoms with Crippen LogP contribution in [0.15, 0.2) is 54.7 Å². The average molecular weight is 450 g/mol. The molecule has 0 radical (unpaired) electrons. The molecule has 5 rings (SSSR count). The summed E-state index contributed by atoms with van der Waals surface area (Å²) in [6.45, 7) is 1.55. The molecule has 0 aliphatic carbocycles. The van der Waals surface area contributed by atoms with E-state index in [9.17, 15) is 9.18 Å². The van der Waals surface area contributed by atoms with Gasteiger partial charge in [-0.25, -0.2) is 9.18 Å². The third kappa shape index (κ3) is 4.71. The summed E-state index contributed by atoms with van der Waals surface area (Å²) in [6, 6.07) is 14.2. The van der Waals surface area contributed by atoms with Gasteiger partial charge >= 0.3 is 6.03 Å². The highest BCUT2D eigenvalue weighted by atomic mass is 19.1. The molecule has 2 aliphatic heterocycles. The molecule has 3 heterocycles. The Labute approximate surface area is 192 Å². The molecule has 2 N–H and O–H groups in total. The number of nitrogens with zero attached hydrogens (tertiary/aromatic N) is 3. The zero-order valence-corrected chi connectivity index (χ0v) is 18.6. The third-order valence-electron chi connectivity index (χ3n) is 6.65. The van der Waals surface area contributed by atoms with E-state index in [0.717, 1.165) is 35.6 Å². The van der Waals surface area contributed by atoms with E-state index in [2.05, 4.69) is 20.6 Å². The molecule has 7 nitrogen and oxygen atoms in total. The van der Waals surface area contributed by atoms with E-state index in [1.54, 1.807) is 10.9 Å². The van der Waals surface area contributed by atoms with Gasteiger partial charge in [-0.05, 0) is 74.2 Å². The number of carbonyl (C=O) groups is 1. The van der Waals surface area contributed by atoms with Gasteiger partial charge in [0.2, 0.25) is 0 Å². The molecular weight excluding hydrogens is 421 g/mol. The zero-order chi connectivity index (χ0) is 22.8. The van der Waals surface area contributed by atoms with Gasteiger partial charge in [-0.1, -0.05) is 0 Å². The Balaban J connectivity index is 1.29. The van der Waals surface area contributed by atoms with Crippen LogP contribution in [0.3, 0.4) is 0 Å². The zero-order valence-electron chi connectivity index (χ0n) is 18.6. The number of anilines is 2. The van der Waals surface area contributed by atoms with Crippen LogP contribution in [-0.4, -0.2) is 45.9 Å². The van der Waals surface area contributed by atoms with E-state index in [-0.39, 0.29) is 5.82 Å². The highest BCUT2D eigenvalue weighted by Crippen LogP contribution is 2.37. The van der Waals surface area contributed by atoms with Crippen LogP contribution in [-0.2, 0) is 7.05 Å². The van der Waals surface area contributed by atoms with Crippen molar-refractivity contribution in [1.29, 1.82) is 0 Å². The Kier molecular flexibility index (Phi) is 6.00. The predicted octanol–water partition coefficient (Wildman–Crippen LogP) is 4.88. The molecule has 0 saturated carbocycles.